The number of nitro groups is 1. The van der Waals surface area contributed by atoms with Crippen LogP contribution in [0.1, 0.15) is 24.2 Å². The second-order valence-corrected chi connectivity index (χ2v) is 5.53. The maximum atomic E-state index is 11.4. The second-order valence-electron chi connectivity index (χ2n) is 5.53. The Labute approximate surface area is 150 Å². The first kappa shape index (κ1) is 18.9. The smallest absolute Gasteiger partial charge is 0.293 e. The molecule has 0 aliphatic carbocycles. The molecule has 26 heavy (non-hydrogen) atoms. The molecule has 8 nitrogen and oxygen atoms in total. The molecule has 0 saturated carbocycles. The van der Waals surface area contributed by atoms with Crippen molar-refractivity contribution in [3.63, 3.8) is 0 Å². The van der Waals surface area contributed by atoms with E-state index in [9.17, 15) is 19.7 Å². The summed E-state index contributed by atoms with van der Waals surface area (Å²) >= 11 is 0. The van der Waals surface area contributed by atoms with Crippen molar-refractivity contribution in [1.82, 2.24) is 0 Å². The molecule has 0 fully saturated rings. The van der Waals surface area contributed by atoms with Crippen LogP contribution in [0.3, 0.4) is 0 Å². The van der Waals surface area contributed by atoms with Gasteiger partial charge >= 0.3 is 0 Å². The number of anilines is 2. The Bertz CT molecular complexity index is 835. The summed E-state index contributed by atoms with van der Waals surface area (Å²) < 4.78 is 5.57. The first-order valence-electron chi connectivity index (χ1n) is 7.90. The number of carbonyl (C=O) groups excluding carboxylic acids is 2. The molecule has 0 aliphatic heterocycles. The van der Waals surface area contributed by atoms with E-state index in [1.807, 2.05) is 0 Å². The monoisotopic (exact) mass is 357 g/mol. The fraction of sp³-hybridized carbons (Fsp3) is 0.222. The average Bonchev–Trinajstić information content (AvgIpc) is 2.58. The van der Waals surface area contributed by atoms with Crippen LogP contribution in [0.25, 0.3) is 0 Å². The number of carbonyl (C=O) groups is 2. The van der Waals surface area contributed by atoms with Crippen molar-refractivity contribution < 1.29 is 19.2 Å². The summed E-state index contributed by atoms with van der Waals surface area (Å²) in [4.78, 5) is 33.0. The average molecular weight is 357 g/mol. The Kier molecular flexibility index (Phi) is 6.26. The van der Waals surface area contributed by atoms with Crippen LogP contribution in [0.4, 0.5) is 17.1 Å². The largest absolute Gasteiger partial charge is 0.492 e. The Morgan fingerprint density at radius 3 is 2.58 bits per heavy atom. The molecule has 2 aromatic carbocycles. The van der Waals surface area contributed by atoms with Crippen LogP contribution in [0.15, 0.2) is 42.5 Å². The molecule has 0 atom stereocenters. The number of nitro benzene ring substituents is 1. The summed E-state index contributed by atoms with van der Waals surface area (Å²) in [5.74, 6) is 0.159. The molecule has 0 heterocycles. The highest BCUT2D eigenvalue weighted by Crippen LogP contribution is 2.25. The van der Waals surface area contributed by atoms with Gasteiger partial charge in [0, 0.05) is 36.9 Å². The number of amides is 1. The van der Waals surface area contributed by atoms with Crippen molar-refractivity contribution in [3.8, 4) is 5.75 Å². The summed E-state index contributed by atoms with van der Waals surface area (Å²) in [6, 6.07) is 11.2. The third-order valence-corrected chi connectivity index (χ3v) is 3.44. The van der Waals surface area contributed by atoms with Crippen molar-refractivity contribution in [1.29, 1.82) is 0 Å². The van der Waals surface area contributed by atoms with Gasteiger partial charge in [-0.15, -0.1) is 0 Å². The summed E-state index contributed by atoms with van der Waals surface area (Å²) in [6.07, 6.45) is 0. The Balaban J connectivity index is 1.95. The van der Waals surface area contributed by atoms with Crippen molar-refractivity contribution in [2.45, 2.75) is 13.8 Å². The lowest BCUT2D eigenvalue weighted by molar-refractivity contribution is -0.384. The summed E-state index contributed by atoms with van der Waals surface area (Å²) in [5.41, 5.74) is 1.06. The van der Waals surface area contributed by atoms with Crippen LogP contribution in [0.2, 0.25) is 0 Å². The van der Waals surface area contributed by atoms with Gasteiger partial charge in [-0.05, 0) is 31.2 Å². The van der Waals surface area contributed by atoms with Gasteiger partial charge < -0.3 is 15.4 Å². The molecule has 136 valence electrons. The summed E-state index contributed by atoms with van der Waals surface area (Å²) in [6.45, 7) is 3.36. The number of hydrogen-bond donors (Lipinski definition) is 2. The maximum absolute atomic E-state index is 11.4. The predicted octanol–water partition coefficient (Wildman–Crippen LogP) is 3.25. The topological polar surface area (TPSA) is 111 Å². The number of benzene rings is 2. The first-order chi connectivity index (χ1) is 12.4. The zero-order valence-electron chi connectivity index (χ0n) is 14.4. The lowest BCUT2D eigenvalue weighted by Crippen LogP contribution is -2.13. The van der Waals surface area contributed by atoms with Crippen LogP contribution in [-0.2, 0) is 4.79 Å². The van der Waals surface area contributed by atoms with E-state index >= 15 is 0 Å². The second kappa shape index (κ2) is 8.61. The number of ketones is 1. The molecule has 0 saturated heterocycles. The number of nitrogens with one attached hydrogen (secondary N) is 2. The van der Waals surface area contributed by atoms with Crippen LogP contribution >= 0.6 is 0 Å². The highest BCUT2D eigenvalue weighted by atomic mass is 16.6. The number of Topliss-reactive ketones (excluding diaryl/α,β-unsaturated/α-hetero) is 1. The predicted molar refractivity (Wildman–Crippen MR) is 97.8 cm³/mol. The fourth-order valence-corrected chi connectivity index (χ4v) is 2.27. The van der Waals surface area contributed by atoms with Gasteiger partial charge in [0.25, 0.3) is 5.69 Å². The molecule has 2 aromatic rings. The molecule has 0 unspecified atom stereocenters. The first-order valence-corrected chi connectivity index (χ1v) is 7.90. The Morgan fingerprint density at radius 1 is 1.15 bits per heavy atom. The molecule has 2 N–H and O–H groups in total. The van der Waals surface area contributed by atoms with E-state index in [-0.39, 0.29) is 29.5 Å². The number of rotatable bonds is 8. The van der Waals surface area contributed by atoms with Gasteiger partial charge in [0.05, 0.1) is 4.92 Å². The van der Waals surface area contributed by atoms with Gasteiger partial charge in [-0.1, -0.05) is 6.07 Å². The molecule has 1 amide bonds. The van der Waals surface area contributed by atoms with E-state index in [0.29, 0.717) is 23.7 Å². The molecule has 0 bridgehead atoms. The SMILES string of the molecule is CC(=O)Nc1cccc(OCCNc2ccc(C(C)=O)cc2[N+](=O)[O-])c1. The summed E-state index contributed by atoms with van der Waals surface area (Å²) in [7, 11) is 0. The minimum absolute atomic E-state index is 0.162. The van der Waals surface area contributed by atoms with Crippen molar-refractivity contribution >= 4 is 28.8 Å². The van der Waals surface area contributed by atoms with Gasteiger partial charge in [0.15, 0.2) is 5.78 Å². The number of nitrogens with zero attached hydrogens (tertiary/aromatic N) is 1. The van der Waals surface area contributed by atoms with E-state index in [2.05, 4.69) is 10.6 Å². The number of hydrogen-bond acceptors (Lipinski definition) is 6. The minimum Gasteiger partial charge on any atom is -0.492 e. The lowest BCUT2D eigenvalue weighted by atomic mass is 10.1. The van der Waals surface area contributed by atoms with Crippen LogP contribution < -0.4 is 15.4 Å². The molecule has 0 radical (unpaired) electrons. The van der Waals surface area contributed by atoms with Crippen molar-refractivity contribution in [3.05, 3.63) is 58.1 Å². The Morgan fingerprint density at radius 2 is 1.92 bits per heavy atom. The van der Waals surface area contributed by atoms with Crippen molar-refractivity contribution in [2.75, 3.05) is 23.8 Å². The Hall–Kier alpha value is -3.42. The molecule has 8 heteroatoms. The van der Waals surface area contributed by atoms with Crippen LogP contribution in [0, 0.1) is 10.1 Å². The summed E-state index contributed by atoms with van der Waals surface area (Å²) in [5, 5.41) is 16.8. The van der Waals surface area contributed by atoms with Crippen molar-refractivity contribution in [2.24, 2.45) is 0 Å². The van der Waals surface area contributed by atoms with E-state index in [1.54, 1.807) is 24.3 Å². The van der Waals surface area contributed by atoms with Gasteiger partial charge in [-0.25, -0.2) is 0 Å². The molecule has 0 aromatic heterocycles. The van der Waals surface area contributed by atoms with Crippen LogP contribution in [-0.4, -0.2) is 29.8 Å². The fourth-order valence-electron chi connectivity index (χ4n) is 2.27. The lowest BCUT2D eigenvalue weighted by Gasteiger charge is -2.10. The van der Waals surface area contributed by atoms with Gasteiger partial charge in [-0.2, -0.15) is 0 Å². The van der Waals surface area contributed by atoms with E-state index in [4.69, 9.17) is 4.74 Å². The highest BCUT2D eigenvalue weighted by molar-refractivity contribution is 5.95. The van der Waals surface area contributed by atoms with Gasteiger partial charge in [-0.3, -0.25) is 19.7 Å². The van der Waals surface area contributed by atoms with E-state index < -0.39 is 4.92 Å². The maximum Gasteiger partial charge on any atom is 0.293 e. The van der Waals surface area contributed by atoms with E-state index in [1.165, 1.54) is 32.0 Å². The third kappa shape index (κ3) is 5.30. The minimum atomic E-state index is -0.535. The van der Waals surface area contributed by atoms with Gasteiger partial charge in [0.1, 0.15) is 18.0 Å². The standard InChI is InChI=1S/C18H19N3O5/c1-12(22)14-6-7-17(18(10-14)21(24)25)19-8-9-26-16-5-3-4-15(11-16)20-13(2)23/h3-7,10-11,19H,8-9H2,1-2H3,(H,20,23). The molecular weight excluding hydrogens is 338 g/mol. The molecule has 0 spiro atoms. The molecular formula is C18H19N3O5. The molecule has 0 aliphatic rings. The third-order valence-electron chi connectivity index (χ3n) is 3.44. The quantitative estimate of drug-likeness (QED) is 0.325. The zero-order valence-corrected chi connectivity index (χ0v) is 14.4. The highest BCUT2D eigenvalue weighted by Gasteiger charge is 2.15. The zero-order chi connectivity index (χ0) is 19.1. The normalized spacial score (nSPS) is 10.1. The van der Waals surface area contributed by atoms with E-state index in [0.717, 1.165) is 0 Å². The van der Waals surface area contributed by atoms with Crippen LogP contribution in [0.5, 0.6) is 5.75 Å². The molecule has 2 rings (SSSR count). The van der Waals surface area contributed by atoms with Gasteiger partial charge in [0.2, 0.25) is 5.91 Å². The number of ether oxygens (including phenoxy) is 1.